The van der Waals surface area contributed by atoms with Crippen molar-refractivity contribution >= 4 is 12.1 Å². The van der Waals surface area contributed by atoms with Crippen molar-refractivity contribution in [3.63, 3.8) is 0 Å². The summed E-state index contributed by atoms with van der Waals surface area (Å²) in [7, 11) is 0. The Morgan fingerprint density at radius 3 is 2.33 bits per heavy atom. The zero-order valence-electron chi connectivity index (χ0n) is 11.3. The first kappa shape index (κ1) is 16.2. The van der Waals surface area contributed by atoms with E-state index in [2.05, 4.69) is 11.9 Å². The molecular formula is C13H21NO4. The average Bonchev–Trinajstić information content (AvgIpc) is 2.20. The van der Waals surface area contributed by atoms with Crippen LogP contribution >= 0.6 is 0 Å². The third-order valence-corrected chi connectivity index (χ3v) is 2.02. The van der Waals surface area contributed by atoms with Crippen LogP contribution in [0.4, 0.5) is 4.79 Å². The van der Waals surface area contributed by atoms with Gasteiger partial charge in [-0.2, -0.15) is 0 Å². The lowest BCUT2D eigenvalue weighted by Gasteiger charge is -2.22. The van der Waals surface area contributed by atoms with Gasteiger partial charge in [-0.15, -0.1) is 0 Å². The number of hydrogen-bond acceptors (Lipinski definition) is 3. The molecule has 0 aromatic carbocycles. The minimum atomic E-state index is -1.13. The maximum atomic E-state index is 11.5. The molecule has 0 saturated carbocycles. The molecule has 0 fully saturated rings. The van der Waals surface area contributed by atoms with Crippen molar-refractivity contribution in [2.24, 2.45) is 0 Å². The maximum Gasteiger partial charge on any atom is 0.408 e. The number of aliphatic carboxylic acids is 1. The van der Waals surface area contributed by atoms with Gasteiger partial charge in [0.05, 0.1) is 0 Å². The number of carbonyl (C=O) groups excluding carboxylic acids is 1. The standard InChI is InChI=1S/C13H21NO4/c1-6-8-9(7-2)10(11(15)16)14-12(17)18-13(3,4)5/h6,8,10H,1,7H2,2-5H3,(H,14,17)(H,15,16)/b9-8+. The van der Waals surface area contributed by atoms with Crippen LogP contribution in [0.15, 0.2) is 24.3 Å². The molecule has 1 atom stereocenters. The fourth-order valence-electron chi connectivity index (χ4n) is 1.31. The molecular weight excluding hydrogens is 234 g/mol. The van der Waals surface area contributed by atoms with Crippen LogP contribution < -0.4 is 5.32 Å². The molecule has 0 aliphatic carbocycles. The number of nitrogens with one attached hydrogen (secondary N) is 1. The number of hydrogen-bond donors (Lipinski definition) is 2. The fraction of sp³-hybridized carbons (Fsp3) is 0.538. The summed E-state index contributed by atoms with van der Waals surface area (Å²) in [4.78, 5) is 22.7. The van der Waals surface area contributed by atoms with Crippen LogP contribution in [0.1, 0.15) is 34.1 Å². The van der Waals surface area contributed by atoms with Gasteiger partial charge in [-0.25, -0.2) is 9.59 Å². The molecule has 0 bridgehead atoms. The van der Waals surface area contributed by atoms with Gasteiger partial charge in [0.2, 0.25) is 0 Å². The normalized spacial score (nSPS) is 13.7. The molecule has 18 heavy (non-hydrogen) atoms. The number of carboxylic acids is 1. The molecule has 0 spiro atoms. The zero-order valence-corrected chi connectivity index (χ0v) is 11.3. The lowest BCUT2D eigenvalue weighted by molar-refractivity contribution is -0.138. The molecule has 0 saturated heterocycles. The van der Waals surface area contributed by atoms with Gasteiger partial charge < -0.3 is 15.2 Å². The number of rotatable bonds is 5. The maximum absolute atomic E-state index is 11.5. The van der Waals surface area contributed by atoms with E-state index in [1.807, 2.05) is 6.92 Å². The van der Waals surface area contributed by atoms with E-state index in [-0.39, 0.29) is 0 Å². The summed E-state index contributed by atoms with van der Waals surface area (Å²) in [6, 6.07) is -1.09. The van der Waals surface area contributed by atoms with Gasteiger partial charge in [0.1, 0.15) is 5.60 Å². The van der Waals surface area contributed by atoms with E-state index in [1.54, 1.807) is 26.8 Å². The monoisotopic (exact) mass is 255 g/mol. The zero-order chi connectivity index (χ0) is 14.3. The van der Waals surface area contributed by atoms with Crippen LogP contribution in [0.25, 0.3) is 0 Å². The number of allylic oxidation sites excluding steroid dienone is 2. The molecule has 1 unspecified atom stereocenters. The molecule has 0 aliphatic heterocycles. The molecule has 5 heteroatoms. The van der Waals surface area contributed by atoms with Crippen molar-refractivity contribution in [3.05, 3.63) is 24.3 Å². The van der Waals surface area contributed by atoms with Crippen LogP contribution in [0.2, 0.25) is 0 Å². The van der Waals surface area contributed by atoms with Crippen LogP contribution in [-0.4, -0.2) is 28.8 Å². The molecule has 0 radical (unpaired) electrons. The second-order valence-electron chi connectivity index (χ2n) is 4.75. The third-order valence-electron chi connectivity index (χ3n) is 2.02. The summed E-state index contributed by atoms with van der Waals surface area (Å²) in [5.41, 5.74) is -0.106. The van der Waals surface area contributed by atoms with Crippen molar-refractivity contribution in [3.8, 4) is 0 Å². The second kappa shape index (κ2) is 6.83. The number of amides is 1. The molecule has 0 aromatic heterocycles. The summed E-state index contributed by atoms with van der Waals surface area (Å²) in [6.45, 7) is 10.5. The van der Waals surface area contributed by atoms with Crippen molar-refractivity contribution in [2.75, 3.05) is 0 Å². The summed E-state index contributed by atoms with van der Waals surface area (Å²) in [5, 5.41) is 11.4. The second-order valence-corrected chi connectivity index (χ2v) is 4.75. The lowest BCUT2D eigenvalue weighted by Crippen LogP contribution is -2.44. The van der Waals surface area contributed by atoms with Crippen molar-refractivity contribution in [1.82, 2.24) is 5.32 Å². The van der Waals surface area contributed by atoms with E-state index >= 15 is 0 Å². The van der Waals surface area contributed by atoms with Crippen molar-refractivity contribution in [1.29, 1.82) is 0 Å². The van der Waals surface area contributed by atoms with Crippen LogP contribution in [-0.2, 0) is 9.53 Å². The smallest absolute Gasteiger partial charge is 0.408 e. The number of carboxylic acid groups (broad SMARTS) is 1. The van der Waals surface area contributed by atoms with Gasteiger partial charge in [-0.3, -0.25) is 0 Å². The van der Waals surface area contributed by atoms with Crippen LogP contribution in [0, 0.1) is 0 Å². The van der Waals surface area contributed by atoms with E-state index < -0.39 is 23.7 Å². The van der Waals surface area contributed by atoms with Crippen LogP contribution in [0.3, 0.4) is 0 Å². The Kier molecular flexibility index (Phi) is 6.16. The molecule has 5 nitrogen and oxygen atoms in total. The highest BCUT2D eigenvalue weighted by molar-refractivity contribution is 5.83. The predicted octanol–water partition coefficient (Wildman–Crippen LogP) is 2.49. The van der Waals surface area contributed by atoms with Gasteiger partial charge in [0, 0.05) is 0 Å². The molecule has 102 valence electrons. The van der Waals surface area contributed by atoms with Gasteiger partial charge >= 0.3 is 12.1 Å². The lowest BCUT2D eigenvalue weighted by atomic mass is 10.0. The van der Waals surface area contributed by atoms with Crippen molar-refractivity contribution < 1.29 is 19.4 Å². The first-order chi connectivity index (χ1) is 8.21. The summed E-state index contributed by atoms with van der Waals surface area (Å²) in [5.74, 6) is -1.13. The Labute approximate surface area is 108 Å². The number of ether oxygens (including phenoxy) is 1. The van der Waals surface area contributed by atoms with Gasteiger partial charge in [0.25, 0.3) is 0 Å². The Morgan fingerprint density at radius 1 is 1.44 bits per heavy atom. The van der Waals surface area contributed by atoms with E-state index in [0.717, 1.165) is 0 Å². The molecule has 2 N–H and O–H groups in total. The highest BCUT2D eigenvalue weighted by Crippen LogP contribution is 2.11. The predicted molar refractivity (Wildman–Crippen MR) is 69.4 cm³/mol. The van der Waals surface area contributed by atoms with E-state index in [0.29, 0.717) is 12.0 Å². The van der Waals surface area contributed by atoms with Gasteiger partial charge in [-0.05, 0) is 32.8 Å². The molecule has 0 aromatic rings. The Balaban J connectivity index is 4.84. The minimum Gasteiger partial charge on any atom is -0.479 e. The molecule has 0 aliphatic rings. The van der Waals surface area contributed by atoms with Gasteiger partial charge in [-0.1, -0.05) is 25.7 Å². The van der Waals surface area contributed by atoms with Crippen molar-refractivity contribution in [2.45, 2.75) is 45.8 Å². The fourth-order valence-corrected chi connectivity index (χ4v) is 1.31. The van der Waals surface area contributed by atoms with E-state index in [1.165, 1.54) is 6.08 Å². The summed E-state index contributed by atoms with van der Waals surface area (Å²) in [6.07, 6.45) is 2.82. The van der Waals surface area contributed by atoms with E-state index in [9.17, 15) is 9.59 Å². The third kappa shape index (κ3) is 6.08. The molecule has 0 rings (SSSR count). The van der Waals surface area contributed by atoms with E-state index in [4.69, 9.17) is 9.84 Å². The summed E-state index contributed by atoms with van der Waals surface area (Å²) >= 11 is 0. The Bertz CT molecular complexity index is 352. The number of carbonyl (C=O) groups is 2. The molecule has 0 heterocycles. The highest BCUT2D eigenvalue weighted by Gasteiger charge is 2.25. The summed E-state index contributed by atoms with van der Waals surface area (Å²) < 4.78 is 5.02. The number of alkyl carbamates (subject to hydrolysis) is 1. The largest absolute Gasteiger partial charge is 0.479 e. The van der Waals surface area contributed by atoms with Crippen LogP contribution in [0.5, 0.6) is 0 Å². The highest BCUT2D eigenvalue weighted by atomic mass is 16.6. The topological polar surface area (TPSA) is 75.6 Å². The molecule has 1 amide bonds. The minimum absolute atomic E-state index is 0.499. The first-order valence-electron chi connectivity index (χ1n) is 5.75. The quantitative estimate of drug-likeness (QED) is 0.740. The first-order valence-corrected chi connectivity index (χ1v) is 5.75. The Hall–Kier alpha value is -1.78. The Morgan fingerprint density at radius 2 is 2.00 bits per heavy atom. The SMILES string of the molecule is C=C/C=C(\CC)C(NC(=O)OC(C)(C)C)C(=O)O. The van der Waals surface area contributed by atoms with Gasteiger partial charge in [0.15, 0.2) is 6.04 Å². The average molecular weight is 255 g/mol.